The summed E-state index contributed by atoms with van der Waals surface area (Å²) in [5, 5.41) is 11.3. The Kier molecular flexibility index (Phi) is 4.52. The van der Waals surface area contributed by atoms with Gasteiger partial charge in [0, 0.05) is 30.5 Å². The number of amides is 1. The highest BCUT2D eigenvalue weighted by Gasteiger charge is 2.50. The third kappa shape index (κ3) is 3.14. The zero-order chi connectivity index (χ0) is 19.0. The van der Waals surface area contributed by atoms with E-state index in [-0.39, 0.29) is 40.3 Å². The molecule has 0 radical (unpaired) electrons. The largest absolute Gasteiger partial charge is 0.330 e. The van der Waals surface area contributed by atoms with Crippen LogP contribution in [0.15, 0.2) is 66.7 Å². The molecule has 0 spiro atoms. The molecule has 1 fully saturated rings. The van der Waals surface area contributed by atoms with Crippen LogP contribution in [0.4, 0.5) is 5.69 Å². The number of rotatable bonds is 4. The van der Waals surface area contributed by atoms with E-state index in [0.717, 1.165) is 17.5 Å². The second-order valence-electron chi connectivity index (χ2n) is 7.49. The maximum Gasteiger partial charge on any atom is 0.269 e. The van der Waals surface area contributed by atoms with Crippen molar-refractivity contribution in [1.82, 2.24) is 4.90 Å². The van der Waals surface area contributed by atoms with E-state index in [0.29, 0.717) is 6.54 Å². The normalized spacial score (nSPS) is 26.9. The second kappa shape index (κ2) is 6.99. The van der Waals surface area contributed by atoms with Crippen LogP contribution >= 0.6 is 0 Å². The first-order chi connectivity index (χ1) is 13.1. The summed E-state index contributed by atoms with van der Waals surface area (Å²) in [7, 11) is 0. The number of nitrogens with zero attached hydrogens (tertiary/aromatic N) is 2. The first-order valence-electron chi connectivity index (χ1n) is 9.31. The van der Waals surface area contributed by atoms with Crippen LogP contribution in [0, 0.1) is 27.9 Å². The van der Waals surface area contributed by atoms with Crippen LogP contribution in [-0.4, -0.2) is 15.7 Å². The molecule has 1 aliphatic carbocycles. The molecule has 5 nitrogen and oxygen atoms in total. The van der Waals surface area contributed by atoms with E-state index in [1.807, 2.05) is 41.3 Å². The molecule has 1 heterocycles. The molecule has 27 heavy (non-hydrogen) atoms. The van der Waals surface area contributed by atoms with Crippen LogP contribution < -0.4 is 0 Å². The van der Waals surface area contributed by atoms with Crippen LogP contribution in [0.5, 0.6) is 0 Å². The summed E-state index contributed by atoms with van der Waals surface area (Å²) >= 11 is 0. The number of allylic oxidation sites excluding steroid dienone is 1. The van der Waals surface area contributed by atoms with Gasteiger partial charge in [0.2, 0.25) is 5.91 Å². The minimum atomic E-state index is -0.376. The number of carbonyl (C=O) groups is 1. The molecule has 138 valence electrons. The smallest absolute Gasteiger partial charge is 0.269 e. The van der Waals surface area contributed by atoms with Gasteiger partial charge in [-0.25, -0.2) is 0 Å². The van der Waals surface area contributed by atoms with Crippen molar-refractivity contribution in [1.29, 1.82) is 0 Å². The Labute approximate surface area is 158 Å². The molecule has 2 aliphatic rings. The average Bonchev–Trinajstić information content (AvgIpc) is 2.96. The molecule has 0 unspecified atom stereocenters. The van der Waals surface area contributed by atoms with Gasteiger partial charge in [0.25, 0.3) is 5.69 Å². The highest BCUT2D eigenvalue weighted by Crippen LogP contribution is 2.49. The first-order valence-corrected chi connectivity index (χ1v) is 9.31. The number of hydrogen-bond donors (Lipinski definition) is 0. The molecule has 4 atom stereocenters. The van der Waals surface area contributed by atoms with Crippen molar-refractivity contribution < 1.29 is 9.72 Å². The van der Waals surface area contributed by atoms with E-state index >= 15 is 0 Å². The predicted molar refractivity (Wildman–Crippen MR) is 103 cm³/mol. The Balaban J connectivity index is 1.77. The topological polar surface area (TPSA) is 63.5 Å². The highest BCUT2D eigenvalue weighted by molar-refractivity contribution is 5.83. The fourth-order valence-electron chi connectivity index (χ4n) is 4.52. The summed E-state index contributed by atoms with van der Waals surface area (Å²) in [5.74, 6) is 0.404. The standard InChI is InChI=1S/C22H22N2O3/c1-15-7-5-12-19-20(15)22(25)23(14-16-8-3-2-4-9-16)21(19)17-10-6-11-18(13-17)24(26)27/h2-6,8-13,15,19-21H,7,14H2,1H3/t15-,19+,20+,21-/m0/s1. The van der Waals surface area contributed by atoms with Crippen molar-refractivity contribution in [2.75, 3.05) is 0 Å². The average molecular weight is 362 g/mol. The summed E-state index contributed by atoms with van der Waals surface area (Å²) in [6, 6.07) is 16.5. The first kappa shape index (κ1) is 17.5. The number of benzene rings is 2. The van der Waals surface area contributed by atoms with Gasteiger partial charge in [0.15, 0.2) is 0 Å². The van der Waals surface area contributed by atoms with Crippen molar-refractivity contribution in [2.24, 2.45) is 17.8 Å². The van der Waals surface area contributed by atoms with Gasteiger partial charge < -0.3 is 4.90 Å². The molecule has 0 bridgehead atoms. The Morgan fingerprint density at radius 2 is 1.93 bits per heavy atom. The highest BCUT2D eigenvalue weighted by atomic mass is 16.6. The minimum Gasteiger partial charge on any atom is -0.330 e. The molecule has 1 saturated heterocycles. The van der Waals surface area contributed by atoms with E-state index in [1.54, 1.807) is 12.1 Å². The fourth-order valence-corrected chi connectivity index (χ4v) is 4.52. The minimum absolute atomic E-state index is 0.0481. The zero-order valence-electron chi connectivity index (χ0n) is 15.2. The van der Waals surface area contributed by atoms with Gasteiger partial charge in [-0.3, -0.25) is 14.9 Å². The summed E-state index contributed by atoms with van der Waals surface area (Å²) in [4.78, 5) is 26.1. The van der Waals surface area contributed by atoms with Crippen molar-refractivity contribution in [3.05, 3.63) is 88.0 Å². The number of nitro benzene ring substituents is 1. The van der Waals surface area contributed by atoms with Gasteiger partial charge in [-0.1, -0.05) is 61.5 Å². The molecule has 2 aromatic carbocycles. The molecule has 0 saturated carbocycles. The molecule has 1 aliphatic heterocycles. The van der Waals surface area contributed by atoms with Gasteiger partial charge >= 0.3 is 0 Å². The van der Waals surface area contributed by atoms with Crippen LogP contribution in [-0.2, 0) is 11.3 Å². The van der Waals surface area contributed by atoms with E-state index in [4.69, 9.17) is 0 Å². The monoisotopic (exact) mass is 362 g/mol. The van der Waals surface area contributed by atoms with Gasteiger partial charge in [-0.05, 0) is 23.5 Å². The third-order valence-electron chi connectivity index (χ3n) is 5.78. The van der Waals surface area contributed by atoms with Crippen molar-refractivity contribution in [3.63, 3.8) is 0 Å². The summed E-state index contributed by atoms with van der Waals surface area (Å²) < 4.78 is 0. The van der Waals surface area contributed by atoms with Gasteiger partial charge in [0.1, 0.15) is 0 Å². The number of nitro groups is 1. The number of likely N-dealkylation sites (tertiary alicyclic amines) is 1. The lowest BCUT2D eigenvalue weighted by atomic mass is 9.75. The Hall–Kier alpha value is -2.95. The van der Waals surface area contributed by atoms with Crippen LogP contribution in [0.2, 0.25) is 0 Å². The number of carbonyl (C=O) groups excluding carboxylic acids is 1. The zero-order valence-corrected chi connectivity index (χ0v) is 15.2. The van der Waals surface area contributed by atoms with Gasteiger partial charge in [-0.15, -0.1) is 0 Å². The quantitative estimate of drug-likeness (QED) is 0.457. The van der Waals surface area contributed by atoms with Gasteiger partial charge in [-0.2, -0.15) is 0 Å². The van der Waals surface area contributed by atoms with E-state index in [9.17, 15) is 14.9 Å². The van der Waals surface area contributed by atoms with E-state index < -0.39 is 0 Å². The number of hydrogen-bond acceptors (Lipinski definition) is 3. The molecular formula is C22H22N2O3. The SMILES string of the molecule is C[C@H]1CC=C[C@@H]2[C@@H]1C(=O)N(Cc1ccccc1)[C@H]2c1cccc([N+](=O)[O-])c1. The molecule has 0 N–H and O–H groups in total. The van der Waals surface area contributed by atoms with Crippen LogP contribution in [0.25, 0.3) is 0 Å². The van der Waals surface area contributed by atoms with Crippen molar-refractivity contribution in [3.8, 4) is 0 Å². The Morgan fingerprint density at radius 1 is 1.15 bits per heavy atom. The lowest BCUT2D eigenvalue weighted by Crippen LogP contribution is -2.30. The van der Waals surface area contributed by atoms with Gasteiger partial charge in [0.05, 0.1) is 11.0 Å². The van der Waals surface area contributed by atoms with E-state index in [1.165, 1.54) is 6.07 Å². The lowest BCUT2D eigenvalue weighted by molar-refractivity contribution is -0.385. The lowest BCUT2D eigenvalue weighted by Gasteiger charge is -2.29. The second-order valence-corrected chi connectivity index (χ2v) is 7.49. The molecule has 1 amide bonds. The third-order valence-corrected chi connectivity index (χ3v) is 5.78. The van der Waals surface area contributed by atoms with E-state index in [2.05, 4.69) is 19.1 Å². The van der Waals surface area contributed by atoms with Crippen molar-refractivity contribution in [2.45, 2.75) is 25.9 Å². The van der Waals surface area contributed by atoms with Crippen molar-refractivity contribution >= 4 is 11.6 Å². The number of fused-ring (bicyclic) bond motifs is 1. The summed E-state index contributed by atoms with van der Waals surface area (Å²) in [5.41, 5.74) is 1.96. The molecule has 0 aromatic heterocycles. The molecular weight excluding hydrogens is 340 g/mol. The maximum atomic E-state index is 13.3. The molecule has 2 aromatic rings. The summed E-state index contributed by atoms with van der Waals surface area (Å²) in [6.45, 7) is 2.64. The summed E-state index contributed by atoms with van der Waals surface area (Å²) in [6.07, 6.45) is 5.18. The fraction of sp³-hybridized carbons (Fsp3) is 0.318. The number of non-ortho nitro benzene ring substituents is 1. The van der Waals surface area contributed by atoms with Crippen LogP contribution in [0.1, 0.15) is 30.5 Å². The van der Waals surface area contributed by atoms with Crippen LogP contribution in [0.3, 0.4) is 0 Å². The predicted octanol–water partition coefficient (Wildman–Crippen LogP) is 4.51. The Morgan fingerprint density at radius 3 is 2.67 bits per heavy atom. The maximum absolute atomic E-state index is 13.3. The molecule has 5 heteroatoms. The Bertz CT molecular complexity index is 893. The molecule has 4 rings (SSSR count).